The van der Waals surface area contributed by atoms with Crippen molar-refractivity contribution >= 4 is 0 Å². The van der Waals surface area contributed by atoms with Crippen molar-refractivity contribution in [2.24, 2.45) is 0 Å². The molecule has 0 spiro atoms. The fourth-order valence-corrected chi connectivity index (χ4v) is 2.33. The van der Waals surface area contributed by atoms with E-state index in [2.05, 4.69) is 64.1 Å². The Morgan fingerprint density at radius 1 is 0.882 bits per heavy atom. The van der Waals surface area contributed by atoms with Crippen LogP contribution in [0.4, 0.5) is 0 Å². The van der Waals surface area contributed by atoms with Crippen LogP contribution in [-0.2, 0) is 6.42 Å². The van der Waals surface area contributed by atoms with Gasteiger partial charge >= 0.3 is 0 Å². The van der Waals surface area contributed by atoms with E-state index < -0.39 is 0 Å². The van der Waals surface area contributed by atoms with E-state index in [1.165, 1.54) is 33.4 Å². The molecule has 0 saturated carbocycles. The highest BCUT2D eigenvalue weighted by Crippen LogP contribution is 2.17. The second kappa shape index (κ2) is 4.75. The molecule has 0 saturated heterocycles. The summed E-state index contributed by atoms with van der Waals surface area (Å²) in [5.74, 6) is 0. The fourth-order valence-electron chi connectivity index (χ4n) is 2.33. The van der Waals surface area contributed by atoms with Crippen LogP contribution in [0.3, 0.4) is 0 Å². The molecule has 2 aromatic rings. The van der Waals surface area contributed by atoms with Crippen LogP contribution in [0.2, 0.25) is 0 Å². The molecule has 0 nitrogen and oxygen atoms in total. The van der Waals surface area contributed by atoms with Crippen LogP contribution in [0.25, 0.3) is 0 Å². The van der Waals surface area contributed by atoms with Gasteiger partial charge in [0.15, 0.2) is 0 Å². The first kappa shape index (κ1) is 11.9. The maximum Gasteiger partial charge on any atom is -0.00168 e. The van der Waals surface area contributed by atoms with Gasteiger partial charge in [0.25, 0.3) is 0 Å². The molecule has 0 fully saturated rings. The molecule has 0 unspecified atom stereocenters. The van der Waals surface area contributed by atoms with Gasteiger partial charge in [0.1, 0.15) is 0 Å². The SMILES string of the molecule is Cc1[c]c(Cc2ccc(C)cc2C)cc(C)c1. The molecule has 2 aromatic carbocycles. The van der Waals surface area contributed by atoms with Crippen molar-refractivity contribution in [3.05, 3.63) is 69.8 Å². The Bertz CT molecular complexity index is 515. The smallest absolute Gasteiger partial charge is 0.00168 e. The van der Waals surface area contributed by atoms with E-state index in [9.17, 15) is 0 Å². The van der Waals surface area contributed by atoms with Crippen molar-refractivity contribution in [3.63, 3.8) is 0 Å². The maximum absolute atomic E-state index is 3.44. The van der Waals surface area contributed by atoms with Gasteiger partial charge in [-0.25, -0.2) is 0 Å². The van der Waals surface area contributed by atoms with Crippen LogP contribution in [0.15, 0.2) is 30.3 Å². The summed E-state index contributed by atoms with van der Waals surface area (Å²) in [4.78, 5) is 0. The summed E-state index contributed by atoms with van der Waals surface area (Å²) in [6.07, 6.45) is 0.981. The molecule has 0 heterocycles. The molecule has 2 rings (SSSR count). The van der Waals surface area contributed by atoms with Gasteiger partial charge in [-0.1, -0.05) is 41.5 Å². The summed E-state index contributed by atoms with van der Waals surface area (Å²) in [5.41, 5.74) is 7.94. The lowest BCUT2D eigenvalue weighted by Crippen LogP contribution is -1.94. The maximum atomic E-state index is 3.44. The first-order chi connectivity index (χ1) is 8.04. The van der Waals surface area contributed by atoms with Crippen molar-refractivity contribution in [1.82, 2.24) is 0 Å². The zero-order valence-corrected chi connectivity index (χ0v) is 11.1. The zero-order chi connectivity index (χ0) is 12.4. The van der Waals surface area contributed by atoms with E-state index in [-0.39, 0.29) is 0 Å². The third-order valence-electron chi connectivity index (χ3n) is 3.08. The number of rotatable bonds is 2. The van der Waals surface area contributed by atoms with Crippen molar-refractivity contribution in [3.8, 4) is 0 Å². The highest BCUT2D eigenvalue weighted by atomic mass is 14.1. The summed E-state index contributed by atoms with van der Waals surface area (Å²) in [7, 11) is 0. The topological polar surface area (TPSA) is 0 Å². The van der Waals surface area contributed by atoms with Gasteiger partial charge in [-0.05, 0) is 62.4 Å². The van der Waals surface area contributed by atoms with Crippen LogP contribution in [0, 0.1) is 33.8 Å². The largest absolute Gasteiger partial charge is 0.0590 e. The highest BCUT2D eigenvalue weighted by molar-refractivity contribution is 5.36. The standard InChI is InChI=1S/C17H19/c1-12-5-6-17(15(4)8-12)11-16-9-13(2)7-14(3)10-16/h5-9H,11H2,1-4H3. The first-order valence-electron chi connectivity index (χ1n) is 6.10. The van der Waals surface area contributed by atoms with Crippen molar-refractivity contribution < 1.29 is 0 Å². The highest BCUT2D eigenvalue weighted by Gasteiger charge is 2.02. The molecule has 0 aromatic heterocycles. The summed E-state index contributed by atoms with van der Waals surface area (Å²) in [5, 5.41) is 0. The molecular weight excluding hydrogens is 204 g/mol. The molecule has 0 aliphatic heterocycles. The van der Waals surface area contributed by atoms with Crippen LogP contribution >= 0.6 is 0 Å². The minimum absolute atomic E-state index is 0.981. The van der Waals surface area contributed by atoms with Gasteiger partial charge < -0.3 is 0 Å². The lowest BCUT2D eigenvalue weighted by atomic mass is 9.97. The number of aryl methyl sites for hydroxylation is 4. The molecule has 87 valence electrons. The molecule has 0 aliphatic carbocycles. The fraction of sp³-hybridized carbons (Fsp3) is 0.294. The Morgan fingerprint density at radius 2 is 1.65 bits per heavy atom. The molecule has 0 heteroatoms. The average molecular weight is 223 g/mol. The molecule has 17 heavy (non-hydrogen) atoms. The molecule has 0 amide bonds. The molecule has 1 radical (unpaired) electrons. The Balaban J connectivity index is 2.31. The summed E-state index contributed by atoms with van der Waals surface area (Å²) >= 11 is 0. The van der Waals surface area contributed by atoms with E-state index in [1.54, 1.807) is 0 Å². The minimum atomic E-state index is 0.981. The summed E-state index contributed by atoms with van der Waals surface area (Å²) in [6, 6.07) is 14.5. The van der Waals surface area contributed by atoms with E-state index in [4.69, 9.17) is 0 Å². The normalized spacial score (nSPS) is 10.6. The molecular formula is C17H19. The number of hydrogen-bond donors (Lipinski definition) is 0. The third-order valence-corrected chi connectivity index (χ3v) is 3.08. The zero-order valence-electron chi connectivity index (χ0n) is 11.1. The van der Waals surface area contributed by atoms with Crippen LogP contribution in [-0.4, -0.2) is 0 Å². The second-order valence-electron chi connectivity index (χ2n) is 4.97. The molecule has 0 bridgehead atoms. The van der Waals surface area contributed by atoms with E-state index in [0.29, 0.717) is 0 Å². The van der Waals surface area contributed by atoms with Gasteiger partial charge in [-0.2, -0.15) is 0 Å². The van der Waals surface area contributed by atoms with Gasteiger partial charge in [0, 0.05) is 0 Å². The Morgan fingerprint density at radius 3 is 2.29 bits per heavy atom. The first-order valence-corrected chi connectivity index (χ1v) is 6.10. The lowest BCUT2D eigenvalue weighted by molar-refractivity contribution is 1.13. The Kier molecular flexibility index (Phi) is 3.33. The summed E-state index contributed by atoms with van der Waals surface area (Å²) < 4.78 is 0. The van der Waals surface area contributed by atoms with Gasteiger partial charge in [0.05, 0.1) is 0 Å². The predicted molar refractivity (Wildman–Crippen MR) is 73.5 cm³/mol. The van der Waals surface area contributed by atoms with Crippen molar-refractivity contribution in [1.29, 1.82) is 0 Å². The van der Waals surface area contributed by atoms with Gasteiger partial charge in [0.2, 0.25) is 0 Å². The monoisotopic (exact) mass is 223 g/mol. The minimum Gasteiger partial charge on any atom is -0.0590 e. The molecule has 0 aliphatic rings. The predicted octanol–water partition coefficient (Wildman–Crippen LogP) is 4.31. The average Bonchev–Trinajstić information content (AvgIpc) is 2.21. The van der Waals surface area contributed by atoms with Gasteiger partial charge in [-0.15, -0.1) is 0 Å². The second-order valence-corrected chi connectivity index (χ2v) is 4.97. The Labute approximate surface area is 104 Å². The number of hydrogen-bond acceptors (Lipinski definition) is 0. The summed E-state index contributed by atoms with van der Waals surface area (Å²) in [6.45, 7) is 8.58. The van der Waals surface area contributed by atoms with Crippen LogP contribution in [0.5, 0.6) is 0 Å². The van der Waals surface area contributed by atoms with Crippen molar-refractivity contribution in [2.75, 3.05) is 0 Å². The van der Waals surface area contributed by atoms with Crippen molar-refractivity contribution in [2.45, 2.75) is 34.1 Å². The number of benzene rings is 2. The van der Waals surface area contributed by atoms with Crippen LogP contribution in [0.1, 0.15) is 33.4 Å². The van der Waals surface area contributed by atoms with Gasteiger partial charge in [-0.3, -0.25) is 0 Å². The molecule has 0 N–H and O–H groups in total. The quantitative estimate of drug-likeness (QED) is 0.711. The lowest BCUT2D eigenvalue weighted by Gasteiger charge is -2.08. The van der Waals surface area contributed by atoms with E-state index in [0.717, 1.165) is 6.42 Å². The van der Waals surface area contributed by atoms with E-state index >= 15 is 0 Å². The Hall–Kier alpha value is -1.56. The molecule has 0 atom stereocenters. The third kappa shape index (κ3) is 2.97. The van der Waals surface area contributed by atoms with E-state index in [1.807, 2.05) is 0 Å². The van der Waals surface area contributed by atoms with Crippen LogP contribution < -0.4 is 0 Å².